The largest absolute Gasteiger partial charge is 0.483 e. The molecule has 2 rings (SSSR count). The molecule has 0 spiro atoms. The molecule has 0 aliphatic heterocycles. The topological polar surface area (TPSA) is 55.4 Å². The molecule has 0 unspecified atom stereocenters. The van der Waals surface area contributed by atoms with Gasteiger partial charge in [0.1, 0.15) is 5.75 Å². The Kier molecular flexibility index (Phi) is 6.13. The molecular formula is C20H23NO3. The molecule has 0 saturated carbocycles. The molecule has 2 aromatic carbocycles. The van der Waals surface area contributed by atoms with E-state index in [1.807, 2.05) is 38.1 Å². The molecule has 126 valence electrons. The Hall–Kier alpha value is -2.62. The molecular weight excluding hydrogens is 302 g/mol. The van der Waals surface area contributed by atoms with E-state index in [4.69, 9.17) is 4.74 Å². The number of nitrogens with one attached hydrogen (secondary N) is 1. The van der Waals surface area contributed by atoms with Gasteiger partial charge in [0.15, 0.2) is 12.4 Å². The summed E-state index contributed by atoms with van der Waals surface area (Å²) in [6, 6.07) is 15.0. The number of ether oxygens (including phenoxy) is 1. The molecule has 0 aliphatic rings. The number of carbonyl (C=O) groups excluding carboxylic acids is 2. The van der Waals surface area contributed by atoms with Crippen LogP contribution in [-0.2, 0) is 4.79 Å². The van der Waals surface area contributed by atoms with Gasteiger partial charge in [-0.3, -0.25) is 9.59 Å². The van der Waals surface area contributed by atoms with Crippen LogP contribution in [0.25, 0.3) is 0 Å². The molecule has 0 fully saturated rings. The highest BCUT2D eigenvalue weighted by Gasteiger charge is 2.14. The summed E-state index contributed by atoms with van der Waals surface area (Å²) in [5.41, 5.74) is 2.74. The predicted molar refractivity (Wildman–Crippen MR) is 94.3 cm³/mol. The normalized spacial score (nSPS) is 11.6. The van der Waals surface area contributed by atoms with Crippen molar-refractivity contribution >= 4 is 11.7 Å². The molecule has 0 heterocycles. The van der Waals surface area contributed by atoms with E-state index >= 15 is 0 Å². The fraction of sp³-hybridized carbons (Fsp3) is 0.300. The van der Waals surface area contributed by atoms with Gasteiger partial charge in [-0.2, -0.15) is 0 Å². The number of amides is 1. The van der Waals surface area contributed by atoms with E-state index in [-0.39, 0.29) is 24.3 Å². The molecule has 0 saturated heterocycles. The summed E-state index contributed by atoms with van der Waals surface area (Å²) in [6.07, 6.45) is 0.791. The predicted octanol–water partition coefficient (Wildman–Crippen LogP) is 3.84. The van der Waals surface area contributed by atoms with E-state index in [1.165, 1.54) is 12.5 Å². The number of carbonyl (C=O) groups is 2. The van der Waals surface area contributed by atoms with Crippen molar-refractivity contribution in [1.82, 2.24) is 5.32 Å². The molecule has 0 bridgehead atoms. The second kappa shape index (κ2) is 8.29. The van der Waals surface area contributed by atoms with Crippen LogP contribution in [0.1, 0.15) is 47.8 Å². The van der Waals surface area contributed by atoms with Crippen molar-refractivity contribution in [2.45, 2.75) is 33.2 Å². The first-order valence-corrected chi connectivity index (χ1v) is 8.10. The Morgan fingerprint density at radius 1 is 1.08 bits per heavy atom. The molecule has 4 heteroatoms. The number of benzene rings is 2. The number of hydrogen-bond acceptors (Lipinski definition) is 3. The van der Waals surface area contributed by atoms with Crippen LogP contribution in [-0.4, -0.2) is 18.3 Å². The number of hydrogen-bond donors (Lipinski definition) is 1. The Balaban J connectivity index is 1.97. The fourth-order valence-electron chi connectivity index (χ4n) is 2.48. The number of aryl methyl sites for hydroxylation is 1. The lowest BCUT2D eigenvalue weighted by atomic mass is 10.0. The lowest BCUT2D eigenvalue weighted by molar-refractivity contribution is -0.123. The van der Waals surface area contributed by atoms with E-state index in [2.05, 4.69) is 5.32 Å². The Labute approximate surface area is 142 Å². The van der Waals surface area contributed by atoms with E-state index in [1.54, 1.807) is 24.3 Å². The summed E-state index contributed by atoms with van der Waals surface area (Å²) < 4.78 is 5.53. The zero-order valence-corrected chi connectivity index (χ0v) is 14.3. The highest BCUT2D eigenvalue weighted by molar-refractivity contribution is 5.96. The average molecular weight is 325 g/mol. The molecule has 0 radical (unpaired) electrons. The number of Topliss-reactive ketones (excluding diaryl/α,β-unsaturated/α-hetero) is 1. The minimum Gasteiger partial charge on any atom is -0.483 e. The molecule has 1 amide bonds. The minimum atomic E-state index is -0.208. The number of rotatable bonds is 7. The summed E-state index contributed by atoms with van der Waals surface area (Å²) in [5.74, 6) is 0.140. The summed E-state index contributed by atoms with van der Waals surface area (Å²) in [4.78, 5) is 23.8. The van der Waals surface area contributed by atoms with Crippen molar-refractivity contribution in [2.24, 2.45) is 0 Å². The molecule has 4 nitrogen and oxygen atoms in total. The van der Waals surface area contributed by atoms with Crippen molar-refractivity contribution in [3.05, 3.63) is 65.2 Å². The summed E-state index contributed by atoms with van der Waals surface area (Å²) in [6.45, 7) is 5.42. The lowest BCUT2D eigenvalue weighted by Crippen LogP contribution is -2.32. The first kappa shape index (κ1) is 17.7. The molecule has 0 aliphatic carbocycles. The second-order valence-electron chi connectivity index (χ2n) is 5.78. The smallest absolute Gasteiger partial charge is 0.258 e. The maximum absolute atomic E-state index is 12.2. The summed E-state index contributed by atoms with van der Waals surface area (Å²) in [7, 11) is 0. The first-order chi connectivity index (χ1) is 11.5. The SMILES string of the molecule is CC[C@@H](NC(=O)COc1ccccc1C(C)=O)c1ccc(C)cc1. The Morgan fingerprint density at radius 2 is 1.75 bits per heavy atom. The van der Waals surface area contributed by atoms with Crippen molar-refractivity contribution in [1.29, 1.82) is 0 Å². The molecule has 1 N–H and O–H groups in total. The maximum atomic E-state index is 12.2. The van der Waals surface area contributed by atoms with Crippen molar-refractivity contribution in [3.63, 3.8) is 0 Å². The maximum Gasteiger partial charge on any atom is 0.258 e. The highest BCUT2D eigenvalue weighted by Crippen LogP contribution is 2.19. The van der Waals surface area contributed by atoms with Gasteiger partial charge >= 0.3 is 0 Å². The third-order valence-electron chi connectivity index (χ3n) is 3.85. The quantitative estimate of drug-likeness (QED) is 0.787. The fourth-order valence-corrected chi connectivity index (χ4v) is 2.48. The van der Waals surface area contributed by atoms with Gasteiger partial charge in [-0.25, -0.2) is 0 Å². The molecule has 2 aromatic rings. The van der Waals surface area contributed by atoms with Gasteiger partial charge in [-0.05, 0) is 38.0 Å². The van der Waals surface area contributed by atoms with Crippen LogP contribution in [0.4, 0.5) is 0 Å². The summed E-state index contributed by atoms with van der Waals surface area (Å²) in [5, 5.41) is 2.97. The van der Waals surface area contributed by atoms with E-state index in [9.17, 15) is 9.59 Å². The van der Waals surface area contributed by atoms with Crippen LogP contribution >= 0.6 is 0 Å². The second-order valence-corrected chi connectivity index (χ2v) is 5.78. The monoisotopic (exact) mass is 325 g/mol. The highest BCUT2D eigenvalue weighted by atomic mass is 16.5. The standard InChI is InChI=1S/C20H23NO3/c1-4-18(16-11-9-14(2)10-12-16)21-20(23)13-24-19-8-6-5-7-17(19)15(3)22/h5-12,18H,4,13H2,1-3H3,(H,21,23)/t18-/m1/s1. The van der Waals surface area contributed by atoms with Gasteiger partial charge < -0.3 is 10.1 Å². The van der Waals surface area contributed by atoms with E-state index < -0.39 is 0 Å². The lowest BCUT2D eigenvalue weighted by Gasteiger charge is -2.18. The summed E-state index contributed by atoms with van der Waals surface area (Å²) >= 11 is 0. The van der Waals surface area contributed by atoms with Gasteiger partial charge in [0.2, 0.25) is 0 Å². The van der Waals surface area contributed by atoms with Gasteiger partial charge in [0.05, 0.1) is 11.6 Å². The zero-order valence-electron chi connectivity index (χ0n) is 14.3. The Bertz CT molecular complexity index is 707. The van der Waals surface area contributed by atoms with Crippen molar-refractivity contribution in [3.8, 4) is 5.75 Å². The third kappa shape index (κ3) is 4.69. The van der Waals surface area contributed by atoms with E-state index in [0.717, 1.165) is 12.0 Å². The van der Waals surface area contributed by atoms with Crippen LogP contribution in [0.5, 0.6) is 5.75 Å². The van der Waals surface area contributed by atoms with Crippen LogP contribution < -0.4 is 10.1 Å². The van der Waals surface area contributed by atoms with Gasteiger partial charge in [0.25, 0.3) is 5.91 Å². The third-order valence-corrected chi connectivity index (χ3v) is 3.85. The first-order valence-electron chi connectivity index (χ1n) is 8.10. The number of para-hydroxylation sites is 1. The Morgan fingerprint density at radius 3 is 2.38 bits per heavy atom. The molecule has 1 atom stereocenters. The zero-order chi connectivity index (χ0) is 17.5. The minimum absolute atomic E-state index is 0.0512. The molecule has 24 heavy (non-hydrogen) atoms. The average Bonchev–Trinajstić information content (AvgIpc) is 2.59. The van der Waals surface area contributed by atoms with Crippen LogP contribution in [0.2, 0.25) is 0 Å². The van der Waals surface area contributed by atoms with Gasteiger partial charge in [-0.15, -0.1) is 0 Å². The van der Waals surface area contributed by atoms with E-state index in [0.29, 0.717) is 11.3 Å². The number of ketones is 1. The van der Waals surface area contributed by atoms with Crippen LogP contribution in [0.15, 0.2) is 48.5 Å². The van der Waals surface area contributed by atoms with Gasteiger partial charge in [0, 0.05) is 0 Å². The van der Waals surface area contributed by atoms with Gasteiger partial charge in [-0.1, -0.05) is 48.9 Å². The van der Waals surface area contributed by atoms with Crippen molar-refractivity contribution < 1.29 is 14.3 Å². The van der Waals surface area contributed by atoms with Crippen LogP contribution in [0, 0.1) is 6.92 Å². The molecule has 0 aromatic heterocycles. The van der Waals surface area contributed by atoms with Crippen molar-refractivity contribution in [2.75, 3.05) is 6.61 Å². The van der Waals surface area contributed by atoms with Crippen LogP contribution in [0.3, 0.4) is 0 Å².